The van der Waals surface area contributed by atoms with Crippen LogP contribution in [0.5, 0.6) is 5.75 Å². The smallest absolute Gasteiger partial charge is 0.266 e. The molecule has 1 amide bonds. The van der Waals surface area contributed by atoms with Gasteiger partial charge in [-0.05, 0) is 19.1 Å². The lowest BCUT2D eigenvalue weighted by atomic mass is 10.3. The average molecular weight is 345 g/mol. The van der Waals surface area contributed by atoms with E-state index in [4.69, 9.17) is 4.74 Å². The van der Waals surface area contributed by atoms with Crippen LogP contribution in [0.3, 0.4) is 0 Å². The van der Waals surface area contributed by atoms with E-state index >= 15 is 0 Å². The summed E-state index contributed by atoms with van der Waals surface area (Å²) in [5.41, 5.74) is 0. The topological polar surface area (TPSA) is 98.2 Å². The van der Waals surface area contributed by atoms with Crippen LogP contribution < -0.4 is 10.1 Å². The van der Waals surface area contributed by atoms with Gasteiger partial charge in [-0.15, -0.1) is 10.2 Å². The van der Waals surface area contributed by atoms with Gasteiger partial charge in [0, 0.05) is 6.26 Å². The highest BCUT2D eigenvalue weighted by Gasteiger charge is 2.20. The Hall–Kier alpha value is -2.07. The van der Waals surface area contributed by atoms with Crippen molar-refractivity contribution in [3.63, 3.8) is 0 Å². The SMILES string of the molecule is C[C@H](Oc1ccccc1F)C(=O)Nc1nnc(S(C)(=O)=O)s1. The highest BCUT2D eigenvalue weighted by atomic mass is 32.2. The molecule has 22 heavy (non-hydrogen) atoms. The number of sulfone groups is 1. The van der Waals surface area contributed by atoms with E-state index in [0.29, 0.717) is 0 Å². The predicted molar refractivity (Wildman–Crippen MR) is 78.1 cm³/mol. The third-order valence-electron chi connectivity index (χ3n) is 2.46. The van der Waals surface area contributed by atoms with E-state index in [-0.39, 0.29) is 15.2 Å². The number of benzene rings is 1. The van der Waals surface area contributed by atoms with Crippen molar-refractivity contribution in [1.82, 2.24) is 10.2 Å². The summed E-state index contributed by atoms with van der Waals surface area (Å²) in [6, 6.07) is 5.68. The van der Waals surface area contributed by atoms with Crippen molar-refractivity contribution in [2.24, 2.45) is 0 Å². The van der Waals surface area contributed by atoms with Crippen LogP contribution >= 0.6 is 11.3 Å². The van der Waals surface area contributed by atoms with Gasteiger partial charge in [0.1, 0.15) is 0 Å². The van der Waals surface area contributed by atoms with Gasteiger partial charge in [-0.1, -0.05) is 23.5 Å². The van der Waals surface area contributed by atoms with Crippen LogP contribution in [0.2, 0.25) is 0 Å². The van der Waals surface area contributed by atoms with Crippen molar-refractivity contribution in [3.8, 4) is 5.75 Å². The molecule has 0 unspecified atom stereocenters. The second-order valence-corrected chi connectivity index (χ2v) is 7.49. The summed E-state index contributed by atoms with van der Waals surface area (Å²) in [7, 11) is -3.48. The quantitative estimate of drug-likeness (QED) is 0.825. The first-order valence-electron chi connectivity index (χ1n) is 6.03. The molecule has 0 fully saturated rings. The standard InChI is InChI=1S/C12H12FN3O4S2/c1-7(20-9-6-4-3-5-8(9)13)10(17)14-11-15-16-12(21-11)22(2,18)19/h3-7H,1-2H3,(H,14,15,17)/t7-/m0/s1. The number of carbonyl (C=O) groups is 1. The van der Waals surface area contributed by atoms with E-state index < -0.39 is 27.7 Å². The van der Waals surface area contributed by atoms with E-state index in [1.165, 1.54) is 25.1 Å². The summed E-state index contributed by atoms with van der Waals surface area (Å²) in [5.74, 6) is -1.24. The maximum atomic E-state index is 13.4. The van der Waals surface area contributed by atoms with E-state index in [1.54, 1.807) is 6.07 Å². The molecule has 1 atom stereocenters. The number of aromatic nitrogens is 2. The number of anilines is 1. The third-order valence-corrected chi connectivity index (χ3v) is 4.97. The Morgan fingerprint density at radius 2 is 2.05 bits per heavy atom. The monoisotopic (exact) mass is 345 g/mol. The fourth-order valence-electron chi connectivity index (χ4n) is 1.40. The van der Waals surface area contributed by atoms with Crippen LogP contribution in [-0.4, -0.2) is 36.9 Å². The predicted octanol–water partition coefficient (Wildman–Crippen LogP) is 1.49. The number of hydrogen-bond donors (Lipinski definition) is 1. The molecule has 1 heterocycles. The molecule has 7 nitrogen and oxygen atoms in total. The van der Waals surface area contributed by atoms with Gasteiger partial charge in [0.2, 0.25) is 19.3 Å². The molecule has 1 aromatic carbocycles. The summed E-state index contributed by atoms with van der Waals surface area (Å²) in [6.07, 6.45) is -0.00858. The van der Waals surface area contributed by atoms with Crippen molar-refractivity contribution in [2.75, 3.05) is 11.6 Å². The Morgan fingerprint density at radius 3 is 2.64 bits per heavy atom. The highest BCUT2D eigenvalue weighted by molar-refractivity contribution is 7.92. The Kier molecular flexibility index (Phi) is 4.71. The summed E-state index contributed by atoms with van der Waals surface area (Å²) in [6.45, 7) is 1.43. The van der Waals surface area contributed by atoms with Gasteiger partial charge in [-0.3, -0.25) is 10.1 Å². The minimum absolute atomic E-state index is 0.0226. The molecular formula is C12H12FN3O4S2. The normalized spacial score (nSPS) is 12.7. The molecule has 10 heteroatoms. The van der Waals surface area contributed by atoms with Gasteiger partial charge in [-0.2, -0.15) is 0 Å². The molecule has 0 saturated heterocycles. The fraction of sp³-hybridized carbons (Fsp3) is 0.250. The lowest BCUT2D eigenvalue weighted by Gasteiger charge is -2.13. The zero-order chi connectivity index (χ0) is 16.3. The number of rotatable bonds is 5. The zero-order valence-electron chi connectivity index (χ0n) is 11.6. The Morgan fingerprint density at radius 1 is 1.36 bits per heavy atom. The molecule has 2 rings (SSSR count). The van der Waals surface area contributed by atoms with E-state index in [9.17, 15) is 17.6 Å². The number of nitrogens with zero attached hydrogens (tertiary/aromatic N) is 2. The third kappa shape index (κ3) is 3.98. The Bertz CT molecular complexity index is 791. The van der Waals surface area contributed by atoms with Gasteiger partial charge in [0.05, 0.1) is 0 Å². The molecule has 0 spiro atoms. The number of para-hydroxylation sites is 1. The maximum Gasteiger partial charge on any atom is 0.266 e. The minimum Gasteiger partial charge on any atom is -0.478 e. The lowest BCUT2D eigenvalue weighted by Crippen LogP contribution is -2.30. The first kappa shape index (κ1) is 16.3. The maximum absolute atomic E-state index is 13.4. The lowest BCUT2D eigenvalue weighted by molar-refractivity contribution is -0.122. The molecule has 2 aromatic rings. The molecule has 0 aliphatic heterocycles. The summed E-state index contributed by atoms with van der Waals surface area (Å²) < 4.78 is 41.0. The van der Waals surface area contributed by atoms with Gasteiger partial charge < -0.3 is 4.74 Å². The van der Waals surface area contributed by atoms with Crippen LogP contribution in [-0.2, 0) is 14.6 Å². The number of nitrogens with one attached hydrogen (secondary N) is 1. The van der Waals surface area contributed by atoms with Crippen LogP contribution in [0.15, 0.2) is 28.6 Å². The number of halogens is 1. The van der Waals surface area contributed by atoms with Crippen molar-refractivity contribution < 1.29 is 22.3 Å². The first-order valence-corrected chi connectivity index (χ1v) is 8.74. The van der Waals surface area contributed by atoms with Crippen LogP contribution in [0.25, 0.3) is 0 Å². The first-order chi connectivity index (χ1) is 10.3. The number of amides is 1. The van der Waals surface area contributed by atoms with Crippen LogP contribution in [0.4, 0.5) is 9.52 Å². The molecule has 1 aromatic heterocycles. The zero-order valence-corrected chi connectivity index (χ0v) is 13.2. The highest BCUT2D eigenvalue weighted by Crippen LogP contribution is 2.21. The molecule has 118 valence electrons. The van der Waals surface area contributed by atoms with Gasteiger partial charge in [0.25, 0.3) is 5.91 Å². The molecule has 0 aliphatic rings. The fourth-order valence-corrected chi connectivity index (χ4v) is 2.91. The van der Waals surface area contributed by atoms with Gasteiger partial charge >= 0.3 is 0 Å². The van der Waals surface area contributed by atoms with E-state index in [0.717, 1.165) is 17.6 Å². The minimum atomic E-state index is -3.48. The van der Waals surface area contributed by atoms with Crippen molar-refractivity contribution in [3.05, 3.63) is 30.1 Å². The molecule has 0 saturated carbocycles. The molecule has 0 radical (unpaired) electrons. The number of ether oxygens (including phenoxy) is 1. The Labute approximate surface area is 130 Å². The number of carbonyl (C=O) groups excluding carboxylic acids is 1. The molecular weight excluding hydrogens is 333 g/mol. The van der Waals surface area contributed by atoms with Crippen molar-refractivity contribution >= 4 is 32.2 Å². The molecule has 1 N–H and O–H groups in total. The van der Waals surface area contributed by atoms with Gasteiger partial charge in [-0.25, -0.2) is 12.8 Å². The number of hydrogen-bond acceptors (Lipinski definition) is 7. The average Bonchev–Trinajstić information content (AvgIpc) is 2.89. The Balaban J connectivity index is 2.03. The summed E-state index contributed by atoms with van der Waals surface area (Å²) in [4.78, 5) is 11.9. The van der Waals surface area contributed by atoms with Crippen LogP contribution in [0.1, 0.15) is 6.92 Å². The second-order valence-electron chi connectivity index (χ2n) is 4.33. The summed E-state index contributed by atoms with van der Waals surface area (Å²) >= 11 is 0.723. The van der Waals surface area contributed by atoms with Crippen molar-refractivity contribution in [1.29, 1.82) is 0 Å². The second kappa shape index (κ2) is 6.36. The largest absolute Gasteiger partial charge is 0.478 e. The van der Waals surface area contributed by atoms with Crippen LogP contribution in [0, 0.1) is 5.82 Å². The summed E-state index contributed by atoms with van der Waals surface area (Å²) in [5, 5.41) is 9.41. The molecule has 0 aliphatic carbocycles. The van der Waals surface area contributed by atoms with E-state index in [2.05, 4.69) is 15.5 Å². The van der Waals surface area contributed by atoms with Crippen molar-refractivity contribution in [2.45, 2.75) is 17.4 Å². The van der Waals surface area contributed by atoms with E-state index in [1.807, 2.05) is 0 Å². The van der Waals surface area contributed by atoms with Gasteiger partial charge in [0.15, 0.2) is 17.7 Å². The molecule has 0 bridgehead atoms.